The molecule has 0 aliphatic carbocycles. The average molecular weight is 370 g/mol. The summed E-state index contributed by atoms with van der Waals surface area (Å²) < 4.78 is 0. The molecule has 1 aliphatic heterocycles. The maximum absolute atomic E-state index is 11.1. The van der Waals surface area contributed by atoms with Crippen molar-refractivity contribution in [3.05, 3.63) is 54.9 Å². The first kappa shape index (κ1) is 18.1. The van der Waals surface area contributed by atoms with Gasteiger partial charge >= 0.3 is 5.97 Å². The number of fused-ring (bicyclic) bond motifs is 1. The fraction of sp³-hybridized carbons (Fsp3) is 0.250. The molecule has 0 unspecified atom stereocenters. The lowest BCUT2D eigenvalue weighted by Gasteiger charge is -2.31. The summed E-state index contributed by atoms with van der Waals surface area (Å²) in [5.74, 6) is 0.0123. The van der Waals surface area contributed by atoms with Crippen LogP contribution in [-0.4, -0.2) is 34.1 Å². The molecule has 26 heavy (non-hydrogen) atoms. The minimum absolute atomic E-state index is 0. The van der Waals surface area contributed by atoms with Crippen LogP contribution in [-0.2, 0) is 4.79 Å². The van der Waals surface area contributed by atoms with Crippen molar-refractivity contribution in [3.63, 3.8) is 0 Å². The van der Waals surface area contributed by atoms with E-state index in [1.165, 1.54) is 0 Å². The molecule has 0 bridgehead atoms. The Morgan fingerprint density at radius 3 is 2.58 bits per heavy atom. The van der Waals surface area contributed by atoms with E-state index < -0.39 is 5.97 Å². The van der Waals surface area contributed by atoms with E-state index in [-0.39, 0.29) is 18.3 Å². The van der Waals surface area contributed by atoms with Crippen molar-refractivity contribution in [1.82, 2.24) is 9.97 Å². The maximum Gasteiger partial charge on any atom is 0.306 e. The summed E-state index contributed by atoms with van der Waals surface area (Å²) in [6.07, 6.45) is 4.98. The molecule has 5 nitrogen and oxygen atoms in total. The van der Waals surface area contributed by atoms with Crippen LogP contribution in [0, 0.1) is 5.92 Å². The van der Waals surface area contributed by atoms with Crippen LogP contribution in [0.4, 0.5) is 5.82 Å². The number of nitrogens with zero attached hydrogens (tertiary/aromatic N) is 3. The van der Waals surface area contributed by atoms with Crippen molar-refractivity contribution in [2.45, 2.75) is 12.8 Å². The SMILES string of the molecule is Cl.O=C(O)C1CCN(c2ccc3cc(-c4cccnc4)ccc3n2)CC1. The molecule has 6 heteroatoms. The van der Waals surface area contributed by atoms with Gasteiger partial charge in [-0.15, -0.1) is 12.4 Å². The topological polar surface area (TPSA) is 66.3 Å². The number of hydrogen-bond acceptors (Lipinski definition) is 4. The van der Waals surface area contributed by atoms with Gasteiger partial charge in [-0.05, 0) is 48.7 Å². The van der Waals surface area contributed by atoms with Gasteiger partial charge in [-0.3, -0.25) is 9.78 Å². The molecule has 1 N–H and O–H groups in total. The number of hydrogen-bond donors (Lipinski definition) is 1. The number of anilines is 1. The van der Waals surface area contributed by atoms with Gasteiger partial charge in [0.25, 0.3) is 0 Å². The van der Waals surface area contributed by atoms with Crippen LogP contribution in [0.1, 0.15) is 12.8 Å². The predicted molar refractivity (Wildman–Crippen MR) is 105 cm³/mol. The number of benzene rings is 1. The second kappa shape index (κ2) is 7.70. The number of piperidine rings is 1. The second-order valence-corrected chi connectivity index (χ2v) is 6.42. The molecule has 3 heterocycles. The zero-order valence-electron chi connectivity index (χ0n) is 14.2. The van der Waals surface area contributed by atoms with Gasteiger partial charge in [0.1, 0.15) is 5.82 Å². The van der Waals surface area contributed by atoms with Crippen molar-refractivity contribution in [1.29, 1.82) is 0 Å². The Hall–Kier alpha value is -2.66. The maximum atomic E-state index is 11.1. The van der Waals surface area contributed by atoms with Crippen molar-refractivity contribution in [2.75, 3.05) is 18.0 Å². The van der Waals surface area contributed by atoms with E-state index in [9.17, 15) is 4.79 Å². The van der Waals surface area contributed by atoms with Crippen molar-refractivity contribution in [3.8, 4) is 11.1 Å². The summed E-state index contributed by atoms with van der Waals surface area (Å²) in [5, 5.41) is 10.2. The molecule has 0 spiro atoms. The Morgan fingerprint density at radius 2 is 1.88 bits per heavy atom. The molecule has 1 fully saturated rings. The normalized spacial score (nSPS) is 14.8. The van der Waals surface area contributed by atoms with E-state index in [2.05, 4.69) is 28.1 Å². The highest BCUT2D eigenvalue weighted by molar-refractivity contribution is 5.86. The van der Waals surface area contributed by atoms with Crippen LogP contribution in [0.2, 0.25) is 0 Å². The second-order valence-electron chi connectivity index (χ2n) is 6.42. The number of aromatic nitrogens is 2. The predicted octanol–water partition coefficient (Wildman–Crippen LogP) is 4.02. The molecule has 134 valence electrons. The van der Waals surface area contributed by atoms with E-state index in [0.29, 0.717) is 12.8 Å². The number of carbonyl (C=O) groups is 1. The van der Waals surface area contributed by atoms with Gasteiger partial charge in [0.05, 0.1) is 11.4 Å². The van der Waals surface area contributed by atoms with Crippen molar-refractivity contribution >= 4 is 35.1 Å². The molecule has 1 saturated heterocycles. The molecule has 0 atom stereocenters. The van der Waals surface area contributed by atoms with Crippen molar-refractivity contribution in [2.24, 2.45) is 5.92 Å². The molecular weight excluding hydrogens is 350 g/mol. The molecular formula is C20H20ClN3O2. The molecule has 0 radical (unpaired) electrons. The highest BCUT2D eigenvalue weighted by Crippen LogP contribution is 2.27. The number of carboxylic acid groups (broad SMARTS) is 1. The third-order valence-corrected chi connectivity index (χ3v) is 4.84. The van der Waals surface area contributed by atoms with Crippen LogP contribution in [0.3, 0.4) is 0 Å². The van der Waals surface area contributed by atoms with Crippen LogP contribution in [0.15, 0.2) is 54.9 Å². The standard InChI is InChI=1S/C20H19N3O2.ClH/c24-20(25)14-7-10-23(11-8-14)19-6-4-16-12-15(3-5-18(16)22-19)17-2-1-9-21-13-17;/h1-6,9,12-14H,7-8,10-11H2,(H,24,25);1H. The highest BCUT2D eigenvalue weighted by Gasteiger charge is 2.25. The van der Waals surface area contributed by atoms with Gasteiger partial charge in [0.15, 0.2) is 0 Å². The van der Waals surface area contributed by atoms with Crippen LogP contribution in [0.5, 0.6) is 0 Å². The molecule has 1 aliphatic rings. The van der Waals surface area contributed by atoms with Crippen molar-refractivity contribution < 1.29 is 9.90 Å². The number of halogens is 1. The quantitative estimate of drug-likeness (QED) is 0.755. The summed E-state index contributed by atoms with van der Waals surface area (Å²) in [4.78, 5) is 22.2. The van der Waals surface area contributed by atoms with Gasteiger partial charge in [-0.25, -0.2) is 4.98 Å². The summed E-state index contributed by atoms with van der Waals surface area (Å²) >= 11 is 0. The number of carboxylic acids is 1. The lowest BCUT2D eigenvalue weighted by molar-refractivity contribution is -0.142. The van der Waals surface area contributed by atoms with Crippen LogP contribution in [0.25, 0.3) is 22.0 Å². The summed E-state index contributed by atoms with van der Waals surface area (Å²) in [6, 6.07) is 14.3. The Bertz CT molecular complexity index is 909. The van der Waals surface area contributed by atoms with E-state index in [4.69, 9.17) is 10.1 Å². The smallest absolute Gasteiger partial charge is 0.306 e. The molecule has 4 rings (SSSR count). The minimum atomic E-state index is -0.686. The summed E-state index contributed by atoms with van der Waals surface area (Å²) in [5.41, 5.74) is 3.16. The van der Waals surface area contributed by atoms with Gasteiger partial charge in [0, 0.05) is 36.4 Å². The average Bonchev–Trinajstić information content (AvgIpc) is 2.68. The Labute approximate surface area is 158 Å². The first-order valence-electron chi connectivity index (χ1n) is 8.50. The van der Waals surface area contributed by atoms with E-state index in [1.807, 2.05) is 30.5 Å². The first-order valence-corrected chi connectivity index (χ1v) is 8.50. The molecule has 3 aromatic rings. The van der Waals surface area contributed by atoms with Crippen LogP contribution < -0.4 is 4.90 Å². The number of aliphatic carboxylic acids is 1. The zero-order chi connectivity index (χ0) is 17.2. The third kappa shape index (κ3) is 3.63. The number of pyridine rings is 2. The fourth-order valence-corrected chi connectivity index (χ4v) is 3.36. The fourth-order valence-electron chi connectivity index (χ4n) is 3.36. The van der Waals surface area contributed by atoms with E-state index >= 15 is 0 Å². The van der Waals surface area contributed by atoms with Gasteiger partial charge < -0.3 is 10.0 Å². The summed E-state index contributed by atoms with van der Waals surface area (Å²) in [7, 11) is 0. The minimum Gasteiger partial charge on any atom is -0.481 e. The Morgan fingerprint density at radius 1 is 1.08 bits per heavy atom. The lowest BCUT2D eigenvalue weighted by Crippen LogP contribution is -2.36. The van der Waals surface area contributed by atoms with Gasteiger partial charge in [0.2, 0.25) is 0 Å². The van der Waals surface area contributed by atoms with Gasteiger partial charge in [-0.2, -0.15) is 0 Å². The Balaban J connectivity index is 0.00000196. The molecule has 1 aromatic carbocycles. The first-order chi connectivity index (χ1) is 12.2. The largest absolute Gasteiger partial charge is 0.481 e. The Kier molecular flexibility index (Phi) is 5.38. The highest BCUT2D eigenvalue weighted by atomic mass is 35.5. The monoisotopic (exact) mass is 369 g/mol. The molecule has 2 aromatic heterocycles. The summed E-state index contributed by atoms with van der Waals surface area (Å²) in [6.45, 7) is 1.48. The number of rotatable bonds is 3. The van der Waals surface area contributed by atoms with Crippen LogP contribution >= 0.6 is 12.4 Å². The third-order valence-electron chi connectivity index (χ3n) is 4.84. The van der Waals surface area contributed by atoms with E-state index in [0.717, 1.165) is 40.9 Å². The molecule has 0 saturated carbocycles. The van der Waals surface area contributed by atoms with E-state index in [1.54, 1.807) is 6.20 Å². The lowest BCUT2D eigenvalue weighted by atomic mass is 9.97. The van der Waals surface area contributed by atoms with Gasteiger partial charge in [-0.1, -0.05) is 12.1 Å². The molecule has 0 amide bonds. The zero-order valence-corrected chi connectivity index (χ0v) is 15.0.